The van der Waals surface area contributed by atoms with Gasteiger partial charge in [-0.15, -0.1) is 11.3 Å². The standard InChI is InChI=1S/C24H24N4O4S/c1-2-30-18-8-10-19(11-9-18)31-23-15-17(12-13-25-23)16-26-21(29)6-3-7-22-27-24(28-32-22)20-5-4-14-33-20/h4-5,8-15H,2-3,6-7,16H2,1H3,(H,26,29). The first-order valence-corrected chi connectivity index (χ1v) is 11.6. The normalized spacial score (nSPS) is 10.7. The van der Waals surface area contributed by atoms with E-state index in [1.807, 2.05) is 54.8 Å². The number of aromatic nitrogens is 3. The fourth-order valence-corrected chi connectivity index (χ4v) is 3.71. The van der Waals surface area contributed by atoms with Gasteiger partial charge in [0.1, 0.15) is 11.5 Å². The van der Waals surface area contributed by atoms with E-state index in [1.54, 1.807) is 23.6 Å². The molecule has 0 atom stereocenters. The SMILES string of the molecule is CCOc1ccc(Oc2cc(CNC(=O)CCCc3nc(-c4cccs4)no3)ccn2)cc1. The molecule has 0 aliphatic rings. The van der Waals surface area contributed by atoms with Crippen LogP contribution in [0, 0.1) is 0 Å². The molecule has 0 spiro atoms. The Morgan fingerprint density at radius 2 is 2.00 bits per heavy atom. The first-order valence-electron chi connectivity index (χ1n) is 10.7. The van der Waals surface area contributed by atoms with E-state index >= 15 is 0 Å². The Balaban J connectivity index is 1.21. The lowest BCUT2D eigenvalue weighted by Gasteiger charge is -2.09. The van der Waals surface area contributed by atoms with Crippen molar-refractivity contribution in [1.29, 1.82) is 0 Å². The molecule has 3 heterocycles. The molecule has 0 bridgehead atoms. The van der Waals surface area contributed by atoms with E-state index in [0.717, 1.165) is 16.2 Å². The molecule has 3 aromatic heterocycles. The third-order valence-electron chi connectivity index (χ3n) is 4.65. The van der Waals surface area contributed by atoms with Crippen LogP contribution in [0.3, 0.4) is 0 Å². The zero-order valence-corrected chi connectivity index (χ0v) is 19.0. The molecule has 170 valence electrons. The number of aryl methyl sites for hydroxylation is 1. The zero-order chi connectivity index (χ0) is 22.9. The zero-order valence-electron chi connectivity index (χ0n) is 18.2. The summed E-state index contributed by atoms with van der Waals surface area (Å²) in [6, 6.07) is 14.9. The lowest BCUT2D eigenvalue weighted by Crippen LogP contribution is -2.22. The molecule has 0 aliphatic heterocycles. The van der Waals surface area contributed by atoms with Gasteiger partial charge in [-0.1, -0.05) is 11.2 Å². The van der Waals surface area contributed by atoms with E-state index in [2.05, 4.69) is 20.4 Å². The fraction of sp³-hybridized carbons (Fsp3) is 0.250. The minimum absolute atomic E-state index is 0.0428. The number of carbonyl (C=O) groups is 1. The second kappa shape index (κ2) is 11.2. The van der Waals surface area contributed by atoms with Crippen molar-refractivity contribution in [3.8, 4) is 28.1 Å². The van der Waals surface area contributed by atoms with Crippen LogP contribution in [-0.4, -0.2) is 27.6 Å². The fourth-order valence-electron chi connectivity index (χ4n) is 3.06. The van der Waals surface area contributed by atoms with Crippen LogP contribution in [0.15, 0.2) is 64.6 Å². The molecule has 0 aliphatic carbocycles. The van der Waals surface area contributed by atoms with Crippen molar-refractivity contribution in [1.82, 2.24) is 20.4 Å². The molecular weight excluding hydrogens is 440 g/mol. The Morgan fingerprint density at radius 3 is 2.79 bits per heavy atom. The number of rotatable bonds is 11. The number of hydrogen-bond donors (Lipinski definition) is 1. The van der Waals surface area contributed by atoms with Crippen LogP contribution in [0.25, 0.3) is 10.7 Å². The van der Waals surface area contributed by atoms with E-state index < -0.39 is 0 Å². The van der Waals surface area contributed by atoms with Crippen molar-refractivity contribution < 1.29 is 18.8 Å². The summed E-state index contributed by atoms with van der Waals surface area (Å²) in [5.41, 5.74) is 0.900. The summed E-state index contributed by atoms with van der Waals surface area (Å²) in [6.07, 6.45) is 3.21. The summed E-state index contributed by atoms with van der Waals surface area (Å²) in [4.78, 5) is 21.8. The highest BCUT2D eigenvalue weighted by molar-refractivity contribution is 7.13. The molecule has 1 amide bonds. The average Bonchev–Trinajstić information content (AvgIpc) is 3.52. The quantitative estimate of drug-likeness (QED) is 0.333. The Bertz CT molecular complexity index is 1160. The van der Waals surface area contributed by atoms with Crippen molar-refractivity contribution >= 4 is 17.2 Å². The van der Waals surface area contributed by atoms with Crippen LogP contribution < -0.4 is 14.8 Å². The van der Waals surface area contributed by atoms with Gasteiger partial charge < -0.3 is 19.3 Å². The van der Waals surface area contributed by atoms with Gasteiger partial charge in [0.2, 0.25) is 23.5 Å². The van der Waals surface area contributed by atoms with Gasteiger partial charge in [0.25, 0.3) is 0 Å². The van der Waals surface area contributed by atoms with E-state index in [0.29, 0.717) is 55.8 Å². The predicted molar refractivity (Wildman–Crippen MR) is 124 cm³/mol. The van der Waals surface area contributed by atoms with Crippen molar-refractivity contribution in [2.75, 3.05) is 6.61 Å². The van der Waals surface area contributed by atoms with Crippen LogP contribution in [0.4, 0.5) is 0 Å². The van der Waals surface area contributed by atoms with E-state index in [9.17, 15) is 4.79 Å². The maximum absolute atomic E-state index is 12.2. The number of thiophene rings is 1. The molecule has 0 radical (unpaired) electrons. The van der Waals surface area contributed by atoms with Gasteiger partial charge in [-0.2, -0.15) is 4.98 Å². The lowest BCUT2D eigenvalue weighted by molar-refractivity contribution is -0.121. The molecule has 0 saturated heterocycles. The highest BCUT2D eigenvalue weighted by Crippen LogP contribution is 2.23. The third-order valence-corrected chi connectivity index (χ3v) is 5.52. The Kier molecular flexibility index (Phi) is 7.65. The smallest absolute Gasteiger partial charge is 0.226 e. The molecule has 9 heteroatoms. The number of benzene rings is 1. The molecular formula is C24H24N4O4S. The summed E-state index contributed by atoms with van der Waals surface area (Å²) in [6.45, 7) is 2.95. The second-order valence-corrected chi connectivity index (χ2v) is 8.08. The predicted octanol–water partition coefficient (Wildman–Crippen LogP) is 5.02. The first kappa shape index (κ1) is 22.5. The highest BCUT2D eigenvalue weighted by Gasteiger charge is 2.10. The summed E-state index contributed by atoms with van der Waals surface area (Å²) in [7, 11) is 0. The number of nitrogens with zero attached hydrogens (tertiary/aromatic N) is 3. The highest BCUT2D eigenvalue weighted by atomic mass is 32.1. The van der Waals surface area contributed by atoms with Crippen LogP contribution in [0.5, 0.6) is 17.4 Å². The molecule has 8 nitrogen and oxygen atoms in total. The molecule has 33 heavy (non-hydrogen) atoms. The van der Waals surface area contributed by atoms with Crippen molar-refractivity contribution in [2.45, 2.75) is 32.7 Å². The van der Waals surface area contributed by atoms with E-state index in [4.69, 9.17) is 14.0 Å². The van der Waals surface area contributed by atoms with E-state index in [1.165, 1.54) is 0 Å². The molecule has 1 aromatic carbocycles. The van der Waals surface area contributed by atoms with Gasteiger partial charge >= 0.3 is 0 Å². The summed E-state index contributed by atoms with van der Waals surface area (Å²) in [5, 5.41) is 8.87. The maximum Gasteiger partial charge on any atom is 0.226 e. The van der Waals surface area contributed by atoms with Crippen molar-refractivity contribution in [3.05, 3.63) is 71.6 Å². The monoisotopic (exact) mass is 464 g/mol. The minimum Gasteiger partial charge on any atom is -0.494 e. The lowest BCUT2D eigenvalue weighted by atomic mass is 10.2. The van der Waals surface area contributed by atoms with Crippen LogP contribution in [0.1, 0.15) is 31.2 Å². The minimum atomic E-state index is -0.0428. The van der Waals surface area contributed by atoms with Gasteiger partial charge in [-0.25, -0.2) is 4.98 Å². The molecule has 0 fully saturated rings. The van der Waals surface area contributed by atoms with Gasteiger partial charge in [-0.05, 0) is 60.7 Å². The Labute approximate surface area is 195 Å². The third kappa shape index (κ3) is 6.63. The van der Waals surface area contributed by atoms with Crippen molar-refractivity contribution in [2.24, 2.45) is 0 Å². The maximum atomic E-state index is 12.2. The van der Waals surface area contributed by atoms with E-state index in [-0.39, 0.29) is 5.91 Å². The number of nitrogens with one attached hydrogen (secondary N) is 1. The van der Waals surface area contributed by atoms with Crippen molar-refractivity contribution in [3.63, 3.8) is 0 Å². The molecule has 0 saturated carbocycles. The van der Waals surface area contributed by atoms with Gasteiger partial charge in [0.15, 0.2) is 0 Å². The van der Waals surface area contributed by atoms with Crippen LogP contribution in [-0.2, 0) is 17.8 Å². The van der Waals surface area contributed by atoms with Gasteiger partial charge in [0, 0.05) is 31.6 Å². The van der Waals surface area contributed by atoms with Gasteiger partial charge in [-0.3, -0.25) is 4.79 Å². The Morgan fingerprint density at radius 1 is 1.15 bits per heavy atom. The first-order chi connectivity index (χ1) is 16.2. The largest absolute Gasteiger partial charge is 0.494 e. The van der Waals surface area contributed by atoms with Gasteiger partial charge in [0.05, 0.1) is 11.5 Å². The average molecular weight is 465 g/mol. The molecule has 4 rings (SSSR count). The number of hydrogen-bond acceptors (Lipinski definition) is 8. The summed E-state index contributed by atoms with van der Waals surface area (Å²) >= 11 is 1.56. The Hall–Kier alpha value is -3.72. The summed E-state index contributed by atoms with van der Waals surface area (Å²) < 4.78 is 16.5. The van der Waals surface area contributed by atoms with Crippen LogP contribution >= 0.6 is 11.3 Å². The number of carbonyl (C=O) groups excluding carboxylic acids is 1. The molecule has 0 unspecified atom stereocenters. The number of amides is 1. The molecule has 1 N–H and O–H groups in total. The number of ether oxygens (including phenoxy) is 2. The van der Waals surface area contributed by atoms with Crippen LogP contribution in [0.2, 0.25) is 0 Å². The number of pyridine rings is 1. The summed E-state index contributed by atoms with van der Waals surface area (Å²) in [5.74, 6) is 3.00. The second-order valence-electron chi connectivity index (χ2n) is 7.13. The molecule has 4 aromatic rings. The topological polar surface area (TPSA) is 99.4 Å².